The molecule has 1 aliphatic rings. The summed E-state index contributed by atoms with van der Waals surface area (Å²) in [6.45, 7) is 3.47. The van der Waals surface area contributed by atoms with E-state index in [9.17, 15) is 0 Å². The molecular weight excluding hydrogens is 264 g/mol. The Balaban J connectivity index is 1.78. The Hall–Kier alpha value is -2.49. The third kappa shape index (κ3) is 1.95. The molecule has 4 heteroatoms. The zero-order valence-corrected chi connectivity index (χ0v) is 11.8. The number of ether oxygens (including phenoxy) is 2. The third-order valence-corrected chi connectivity index (χ3v) is 3.80. The first-order chi connectivity index (χ1) is 10.4. The zero-order chi connectivity index (χ0) is 14.2. The van der Waals surface area contributed by atoms with E-state index in [4.69, 9.17) is 14.5 Å². The van der Waals surface area contributed by atoms with Crippen LogP contribution < -0.4 is 9.47 Å². The van der Waals surface area contributed by atoms with Crippen molar-refractivity contribution in [3.8, 4) is 11.5 Å². The van der Waals surface area contributed by atoms with Crippen molar-refractivity contribution in [2.24, 2.45) is 0 Å². The number of nitrogens with zero attached hydrogens (tertiary/aromatic N) is 2. The molecule has 4 rings (SSSR count). The lowest BCUT2D eigenvalue weighted by molar-refractivity contribution is 0.0829. The normalized spacial score (nSPS) is 17.1. The van der Waals surface area contributed by atoms with Crippen molar-refractivity contribution in [1.29, 1.82) is 0 Å². The lowest BCUT2D eigenvalue weighted by Gasteiger charge is -2.26. The molecule has 0 N–H and O–H groups in total. The van der Waals surface area contributed by atoms with Gasteiger partial charge in [-0.25, -0.2) is 4.98 Å². The molecule has 3 aromatic rings. The Labute approximate surface area is 122 Å². The summed E-state index contributed by atoms with van der Waals surface area (Å²) < 4.78 is 14.1. The van der Waals surface area contributed by atoms with Crippen molar-refractivity contribution in [3.05, 3.63) is 54.4 Å². The molecule has 2 aromatic carbocycles. The predicted octanol–water partition coefficient (Wildman–Crippen LogP) is 3.57. The molecule has 0 fully saturated rings. The van der Waals surface area contributed by atoms with Gasteiger partial charge in [0, 0.05) is 6.54 Å². The average molecular weight is 280 g/mol. The van der Waals surface area contributed by atoms with Gasteiger partial charge in [-0.3, -0.25) is 0 Å². The summed E-state index contributed by atoms with van der Waals surface area (Å²) in [5.74, 6) is 2.50. The van der Waals surface area contributed by atoms with Crippen LogP contribution in [0.1, 0.15) is 18.9 Å². The van der Waals surface area contributed by atoms with Crippen LogP contribution in [0.2, 0.25) is 0 Å². The Morgan fingerprint density at radius 1 is 1.10 bits per heavy atom. The van der Waals surface area contributed by atoms with Crippen LogP contribution in [0, 0.1) is 0 Å². The van der Waals surface area contributed by atoms with E-state index in [0.29, 0.717) is 6.61 Å². The molecule has 1 aliphatic heterocycles. The highest BCUT2D eigenvalue weighted by Gasteiger charge is 2.27. The number of benzene rings is 2. The van der Waals surface area contributed by atoms with Gasteiger partial charge in [0.25, 0.3) is 0 Å². The number of fused-ring (bicyclic) bond motifs is 2. The molecule has 0 saturated heterocycles. The Bertz CT molecular complexity index is 794. The first-order valence-electron chi connectivity index (χ1n) is 7.20. The molecule has 0 bridgehead atoms. The van der Waals surface area contributed by atoms with E-state index in [2.05, 4.69) is 17.6 Å². The number of hydrogen-bond donors (Lipinski definition) is 0. The Morgan fingerprint density at radius 3 is 2.71 bits per heavy atom. The maximum atomic E-state index is 6.08. The minimum absolute atomic E-state index is 0.174. The lowest BCUT2D eigenvalue weighted by atomic mass is 10.2. The summed E-state index contributed by atoms with van der Waals surface area (Å²) in [6.07, 6.45) is -0.174. The number of para-hydroxylation sites is 4. The van der Waals surface area contributed by atoms with Crippen LogP contribution in [0.3, 0.4) is 0 Å². The Kier molecular flexibility index (Phi) is 2.81. The second-order valence-corrected chi connectivity index (χ2v) is 5.07. The molecule has 0 saturated carbocycles. The fourth-order valence-electron chi connectivity index (χ4n) is 2.82. The molecule has 0 spiro atoms. The first-order valence-corrected chi connectivity index (χ1v) is 7.20. The van der Waals surface area contributed by atoms with Gasteiger partial charge in [-0.15, -0.1) is 0 Å². The summed E-state index contributed by atoms with van der Waals surface area (Å²) in [6, 6.07) is 15.9. The van der Waals surface area contributed by atoms with Crippen LogP contribution in [-0.4, -0.2) is 16.2 Å². The van der Waals surface area contributed by atoms with Crippen molar-refractivity contribution in [1.82, 2.24) is 9.55 Å². The summed E-state index contributed by atoms with van der Waals surface area (Å²) in [5, 5.41) is 0. The zero-order valence-electron chi connectivity index (χ0n) is 11.8. The SMILES string of the molecule is CCn1c(C2COc3ccccc3O2)nc2ccccc21. The lowest BCUT2D eigenvalue weighted by Crippen LogP contribution is -2.24. The minimum atomic E-state index is -0.174. The third-order valence-electron chi connectivity index (χ3n) is 3.80. The molecule has 21 heavy (non-hydrogen) atoms. The molecule has 0 aliphatic carbocycles. The van der Waals surface area contributed by atoms with Crippen LogP contribution in [0.25, 0.3) is 11.0 Å². The van der Waals surface area contributed by atoms with Crippen LogP contribution >= 0.6 is 0 Å². The van der Waals surface area contributed by atoms with Gasteiger partial charge in [-0.05, 0) is 31.2 Å². The van der Waals surface area contributed by atoms with Gasteiger partial charge in [0.1, 0.15) is 6.61 Å². The fraction of sp³-hybridized carbons (Fsp3) is 0.235. The predicted molar refractivity (Wildman–Crippen MR) is 80.7 cm³/mol. The van der Waals surface area contributed by atoms with Crippen molar-refractivity contribution >= 4 is 11.0 Å². The number of aromatic nitrogens is 2. The van der Waals surface area contributed by atoms with Gasteiger partial charge in [-0.2, -0.15) is 0 Å². The summed E-state index contributed by atoms with van der Waals surface area (Å²) in [7, 11) is 0. The number of imidazole rings is 1. The summed E-state index contributed by atoms with van der Waals surface area (Å²) in [4.78, 5) is 4.74. The molecule has 4 nitrogen and oxygen atoms in total. The second-order valence-electron chi connectivity index (χ2n) is 5.07. The molecular formula is C17H16N2O2. The van der Waals surface area contributed by atoms with Crippen molar-refractivity contribution in [2.75, 3.05) is 6.61 Å². The molecule has 1 aromatic heterocycles. The largest absolute Gasteiger partial charge is 0.485 e. The number of aryl methyl sites for hydroxylation is 1. The first kappa shape index (κ1) is 12.3. The average Bonchev–Trinajstić information content (AvgIpc) is 2.93. The standard InChI is InChI=1S/C17H16N2O2/c1-2-19-13-8-4-3-7-12(13)18-17(19)16-11-20-14-9-5-6-10-15(14)21-16/h3-10,16H,2,11H2,1H3. The van der Waals surface area contributed by atoms with Crippen molar-refractivity contribution in [2.45, 2.75) is 19.6 Å². The molecule has 0 amide bonds. The van der Waals surface area contributed by atoms with Crippen LogP contribution in [0.5, 0.6) is 11.5 Å². The van der Waals surface area contributed by atoms with Gasteiger partial charge in [-0.1, -0.05) is 24.3 Å². The number of hydrogen-bond acceptors (Lipinski definition) is 3. The number of rotatable bonds is 2. The molecule has 1 atom stereocenters. The molecule has 1 unspecified atom stereocenters. The topological polar surface area (TPSA) is 36.3 Å². The maximum absolute atomic E-state index is 6.08. The second kappa shape index (κ2) is 4.81. The van der Waals surface area contributed by atoms with E-state index >= 15 is 0 Å². The molecule has 0 radical (unpaired) electrons. The summed E-state index contributed by atoms with van der Waals surface area (Å²) >= 11 is 0. The van der Waals surface area contributed by atoms with Gasteiger partial charge < -0.3 is 14.0 Å². The van der Waals surface area contributed by atoms with E-state index < -0.39 is 0 Å². The molecule has 106 valence electrons. The van der Waals surface area contributed by atoms with E-state index in [1.807, 2.05) is 42.5 Å². The van der Waals surface area contributed by atoms with Crippen molar-refractivity contribution in [3.63, 3.8) is 0 Å². The van der Waals surface area contributed by atoms with Gasteiger partial charge in [0.05, 0.1) is 11.0 Å². The fourth-order valence-corrected chi connectivity index (χ4v) is 2.82. The van der Waals surface area contributed by atoms with E-state index in [0.717, 1.165) is 34.9 Å². The van der Waals surface area contributed by atoms with Gasteiger partial charge in [0.15, 0.2) is 23.4 Å². The quantitative estimate of drug-likeness (QED) is 0.720. The van der Waals surface area contributed by atoms with E-state index in [1.54, 1.807) is 0 Å². The van der Waals surface area contributed by atoms with Gasteiger partial charge >= 0.3 is 0 Å². The maximum Gasteiger partial charge on any atom is 0.190 e. The van der Waals surface area contributed by atoms with Crippen LogP contribution in [0.4, 0.5) is 0 Å². The highest BCUT2D eigenvalue weighted by Crippen LogP contribution is 2.36. The minimum Gasteiger partial charge on any atom is -0.485 e. The highest BCUT2D eigenvalue weighted by atomic mass is 16.6. The van der Waals surface area contributed by atoms with Gasteiger partial charge in [0.2, 0.25) is 0 Å². The highest BCUT2D eigenvalue weighted by molar-refractivity contribution is 5.76. The van der Waals surface area contributed by atoms with E-state index in [1.165, 1.54) is 0 Å². The smallest absolute Gasteiger partial charge is 0.190 e. The van der Waals surface area contributed by atoms with Crippen molar-refractivity contribution < 1.29 is 9.47 Å². The monoisotopic (exact) mass is 280 g/mol. The van der Waals surface area contributed by atoms with Crippen LogP contribution in [0.15, 0.2) is 48.5 Å². The Morgan fingerprint density at radius 2 is 1.86 bits per heavy atom. The van der Waals surface area contributed by atoms with Crippen LogP contribution in [-0.2, 0) is 6.54 Å². The van der Waals surface area contributed by atoms with E-state index in [-0.39, 0.29) is 6.10 Å². The molecule has 2 heterocycles. The summed E-state index contributed by atoms with van der Waals surface area (Å²) in [5.41, 5.74) is 2.13.